The van der Waals surface area contributed by atoms with Gasteiger partial charge in [0.2, 0.25) is 5.88 Å². The molecular weight excluding hydrogens is 512 g/mol. The summed E-state index contributed by atoms with van der Waals surface area (Å²) < 4.78 is 12.4. The van der Waals surface area contributed by atoms with Crippen LogP contribution in [-0.4, -0.2) is 45.5 Å². The minimum atomic E-state index is -0.516. The first kappa shape index (κ1) is 26.2. The van der Waals surface area contributed by atoms with Crippen molar-refractivity contribution in [3.05, 3.63) is 90.6 Å². The summed E-state index contributed by atoms with van der Waals surface area (Å²) >= 11 is 0. The third-order valence-electron chi connectivity index (χ3n) is 5.85. The van der Waals surface area contributed by atoms with E-state index >= 15 is 0 Å². The van der Waals surface area contributed by atoms with Crippen LogP contribution in [0.5, 0.6) is 17.4 Å². The van der Waals surface area contributed by atoms with Gasteiger partial charge in [0, 0.05) is 36.2 Å². The average molecular weight is 539 g/mol. The Morgan fingerprint density at radius 1 is 0.925 bits per heavy atom. The van der Waals surface area contributed by atoms with Gasteiger partial charge in [0.05, 0.1) is 11.4 Å². The number of hydrogen-bond donors (Lipinski definition) is 4. The van der Waals surface area contributed by atoms with Gasteiger partial charge in [0.1, 0.15) is 29.7 Å². The molecule has 0 bridgehead atoms. The molecule has 3 aromatic carbocycles. The topological polar surface area (TPSA) is 140 Å². The Hall–Kier alpha value is -5.42. The fraction of sp³-hybridized carbons (Fsp3) is 0.103. The van der Waals surface area contributed by atoms with Gasteiger partial charge >= 0.3 is 6.03 Å². The zero-order chi connectivity index (χ0) is 28.1. The molecule has 4 N–H and O–H groups in total. The van der Waals surface area contributed by atoms with Gasteiger partial charge < -0.3 is 25.2 Å². The molecule has 0 spiro atoms. The van der Waals surface area contributed by atoms with Gasteiger partial charge in [-0.2, -0.15) is 0 Å². The highest BCUT2D eigenvalue weighted by atomic mass is 16.5. The predicted octanol–water partition coefficient (Wildman–Crippen LogP) is 5.46. The van der Waals surface area contributed by atoms with E-state index in [9.17, 15) is 14.7 Å². The van der Waals surface area contributed by atoms with Gasteiger partial charge in [0.15, 0.2) is 0 Å². The van der Waals surface area contributed by atoms with Crippen LogP contribution in [-0.2, 0) is 9.53 Å². The molecule has 0 unspecified atom stereocenters. The molecule has 0 aliphatic carbocycles. The fourth-order valence-electron chi connectivity index (χ4n) is 4.06. The highest BCUT2D eigenvalue weighted by Gasteiger charge is 2.15. The van der Waals surface area contributed by atoms with Crippen LogP contribution in [0.25, 0.3) is 16.5 Å². The molecule has 0 aliphatic heterocycles. The number of aryl methyl sites for hydroxylation is 1. The first-order valence-electron chi connectivity index (χ1n) is 12.3. The van der Waals surface area contributed by atoms with E-state index in [2.05, 4.69) is 26.0 Å². The number of aromatic hydroxyl groups is 1. The second-order valence-electron chi connectivity index (χ2n) is 8.83. The SMILES string of the molecule is COCC(=O)Nc1cc(Oc2ccc(NC(=O)Nc3cc(O)nn3-c3ccc(C)cc3)c3ccccc23)ccn1. The lowest BCUT2D eigenvalue weighted by molar-refractivity contribution is -0.119. The maximum atomic E-state index is 13.0. The number of urea groups is 1. The monoisotopic (exact) mass is 538 g/mol. The van der Waals surface area contributed by atoms with E-state index in [0.717, 1.165) is 16.3 Å². The van der Waals surface area contributed by atoms with Crippen LogP contribution in [0.3, 0.4) is 0 Å². The van der Waals surface area contributed by atoms with Crippen molar-refractivity contribution in [1.82, 2.24) is 14.8 Å². The third kappa shape index (κ3) is 6.00. The molecule has 2 heterocycles. The minimum Gasteiger partial charge on any atom is -0.492 e. The maximum absolute atomic E-state index is 13.0. The Labute approximate surface area is 229 Å². The molecule has 0 radical (unpaired) electrons. The summed E-state index contributed by atoms with van der Waals surface area (Å²) in [6.07, 6.45) is 1.53. The van der Waals surface area contributed by atoms with Crippen LogP contribution in [0.4, 0.5) is 22.1 Å². The summed E-state index contributed by atoms with van der Waals surface area (Å²) in [4.78, 5) is 29.0. The Kier molecular flexibility index (Phi) is 7.56. The summed E-state index contributed by atoms with van der Waals surface area (Å²) in [5.74, 6) is 1.09. The Morgan fingerprint density at radius 2 is 1.70 bits per heavy atom. The molecule has 2 aromatic heterocycles. The molecule has 11 nitrogen and oxygen atoms in total. The molecule has 3 amide bonds. The summed E-state index contributed by atoms with van der Waals surface area (Å²) in [5.41, 5.74) is 2.31. The number of ether oxygens (including phenoxy) is 2. The van der Waals surface area contributed by atoms with E-state index in [0.29, 0.717) is 34.5 Å². The fourth-order valence-corrected chi connectivity index (χ4v) is 4.06. The third-order valence-corrected chi connectivity index (χ3v) is 5.85. The molecule has 0 saturated heterocycles. The van der Waals surface area contributed by atoms with Crippen LogP contribution in [0.2, 0.25) is 0 Å². The average Bonchev–Trinajstić information content (AvgIpc) is 3.30. The normalized spacial score (nSPS) is 10.8. The molecule has 5 rings (SSSR count). The molecule has 11 heteroatoms. The molecule has 0 aliphatic rings. The van der Waals surface area contributed by atoms with Gasteiger partial charge in [-0.05, 0) is 37.3 Å². The van der Waals surface area contributed by atoms with E-state index in [1.807, 2.05) is 55.5 Å². The first-order valence-corrected chi connectivity index (χ1v) is 12.3. The number of pyridine rings is 1. The Bertz CT molecular complexity index is 1680. The van der Waals surface area contributed by atoms with Gasteiger partial charge in [-0.15, -0.1) is 5.10 Å². The van der Waals surface area contributed by atoms with Gasteiger partial charge in [-0.3, -0.25) is 10.1 Å². The largest absolute Gasteiger partial charge is 0.492 e. The second kappa shape index (κ2) is 11.5. The smallest absolute Gasteiger partial charge is 0.324 e. The Morgan fingerprint density at radius 3 is 2.48 bits per heavy atom. The number of amides is 3. The zero-order valence-corrected chi connectivity index (χ0v) is 21.7. The number of nitrogens with zero attached hydrogens (tertiary/aromatic N) is 3. The number of methoxy groups -OCH3 is 1. The molecule has 0 fully saturated rings. The summed E-state index contributed by atoms with van der Waals surface area (Å²) in [5, 5.41) is 23.8. The van der Waals surface area contributed by atoms with E-state index < -0.39 is 6.03 Å². The second-order valence-corrected chi connectivity index (χ2v) is 8.83. The van der Waals surface area contributed by atoms with Crippen LogP contribution in [0, 0.1) is 6.92 Å². The lowest BCUT2D eigenvalue weighted by Crippen LogP contribution is -2.21. The lowest BCUT2D eigenvalue weighted by atomic mass is 10.1. The number of carbonyl (C=O) groups excluding carboxylic acids is 2. The maximum Gasteiger partial charge on any atom is 0.324 e. The quantitative estimate of drug-likeness (QED) is 0.206. The number of fused-ring (bicyclic) bond motifs is 1. The lowest BCUT2D eigenvalue weighted by Gasteiger charge is -2.14. The van der Waals surface area contributed by atoms with Crippen molar-refractivity contribution in [2.24, 2.45) is 0 Å². The van der Waals surface area contributed by atoms with Crippen molar-refractivity contribution < 1.29 is 24.2 Å². The highest BCUT2D eigenvalue weighted by Crippen LogP contribution is 2.35. The van der Waals surface area contributed by atoms with Crippen molar-refractivity contribution in [1.29, 1.82) is 0 Å². The van der Waals surface area contributed by atoms with Crippen LogP contribution in [0.1, 0.15) is 5.56 Å². The van der Waals surface area contributed by atoms with Gasteiger partial charge in [0.25, 0.3) is 5.91 Å². The van der Waals surface area contributed by atoms with Crippen LogP contribution >= 0.6 is 0 Å². The molecule has 0 saturated carbocycles. The number of carbonyl (C=O) groups is 2. The zero-order valence-electron chi connectivity index (χ0n) is 21.7. The van der Waals surface area contributed by atoms with Crippen molar-refractivity contribution in [3.63, 3.8) is 0 Å². The Balaban J connectivity index is 1.35. The number of rotatable bonds is 8. The number of anilines is 3. The molecule has 5 aromatic rings. The number of nitrogens with one attached hydrogen (secondary N) is 3. The van der Waals surface area contributed by atoms with Gasteiger partial charge in [-0.1, -0.05) is 42.0 Å². The van der Waals surface area contributed by atoms with Crippen molar-refractivity contribution in [2.45, 2.75) is 6.92 Å². The summed E-state index contributed by atoms with van der Waals surface area (Å²) in [6.45, 7) is 1.88. The summed E-state index contributed by atoms with van der Waals surface area (Å²) in [6, 6.07) is 22.6. The number of hydrogen-bond acceptors (Lipinski definition) is 7. The van der Waals surface area contributed by atoms with Crippen molar-refractivity contribution in [2.75, 3.05) is 29.7 Å². The molecule has 0 atom stereocenters. The van der Waals surface area contributed by atoms with Crippen LogP contribution in [0.15, 0.2) is 85.1 Å². The predicted molar refractivity (Wildman–Crippen MR) is 151 cm³/mol. The first-order chi connectivity index (χ1) is 19.4. The minimum absolute atomic E-state index is 0.0884. The van der Waals surface area contributed by atoms with Crippen LogP contribution < -0.4 is 20.7 Å². The molecule has 40 heavy (non-hydrogen) atoms. The van der Waals surface area contributed by atoms with Crippen molar-refractivity contribution in [3.8, 4) is 23.1 Å². The summed E-state index contributed by atoms with van der Waals surface area (Å²) in [7, 11) is 1.44. The van der Waals surface area contributed by atoms with Gasteiger partial charge in [-0.25, -0.2) is 14.5 Å². The number of benzene rings is 3. The van der Waals surface area contributed by atoms with E-state index in [1.54, 1.807) is 24.3 Å². The van der Waals surface area contributed by atoms with Crippen molar-refractivity contribution >= 4 is 40.0 Å². The molecule has 202 valence electrons. The van der Waals surface area contributed by atoms with E-state index in [4.69, 9.17) is 9.47 Å². The highest BCUT2D eigenvalue weighted by molar-refractivity contribution is 6.07. The van der Waals surface area contributed by atoms with E-state index in [-0.39, 0.29) is 18.4 Å². The number of aromatic nitrogens is 3. The standard InChI is InChI=1S/C29H26N6O5/c1-18-7-9-19(10-8-18)35-26(16-27(36)34-35)33-29(38)31-23-11-12-24(22-6-4-3-5-21(22)23)40-20-13-14-30-25(15-20)32-28(37)17-39-2/h3-16H,17H2,1-2H3,(H,34,36)(H,30,32,37)(H2,31,33,38). The molecular formula is C29H26N6O5. The van der Waals surface area contributed by atoms with E-state index in [1.165, 1.54) is 24.1 Å².